The molecule has 43 heavy (non-hydrogen) atoms. The van der Waals surface area contributed by atoms with Crippen molar-refractivity contribution in [2.45, 2.75) is 43.7 Å². The number of hydrogen-bond acceptors (Lipinski definition) is 12. The van der Waals surface area contributed by atoms with Gasteiger partial charge in [0.05, 0.1) is 6.61 Å². The predicted octanol–water partition coefficient (Wildman–Crippen LogP) is 2.66. The molecule has 228 valence electrons. The normalized spacial score (nSPS) is 23.5. The van der Waals surface area contributed by atoms with E-state index in [1.54, 1.807) is 30.3 Å². The highest BCUT2D eigenvalue weighted by Gasteiger charge is 2.56. The fourth-order valence-corrected chi connectivity index (χ4v) is 5.68. The van der Waals surface area contributed by atoms with Crippen LogP contribution in [0.2, 0.25) is 5.02 Å². The molecule has 0 spiro atoms. The molecule has 0 radical (unpaired) electrons. The highest BCUT2D eigenvalue weighted by atomic mass is 35.5. The van der Waals surface area contributed by atoms with Crippen LogP contribution in [0.5, 0.6) is 5.75 Å². The van der Waals surface area contributed by atoms with Crippen LogP contribution in [0.4, 0.5) is 5.82 Å². The lowest BCUT2D eigenvalue weighted by atomic mass is 10.1. The number of azide groups is 1. The molecule has 2 aromatic carbocycles. The highest BCUT2D eigenvalue weighted by molar-refractivity contribution is 7.52. The van der Waals surface area contributed by atoms with Crippen LogP contribution in [0.25, 0.3) is 10.4 Å². The Balaban J connectivity index is 1.57. The monoisotopic (exact) mass is 635 g/mol. The zero-order chi connectivity index (χ0) is 31.2. The van der Waals surface area contributed by atoms with E-state index < -0.39 is 56.2 Å². The molecule has 6 atom stereocenters. The van der Waals surface area contributed by atoms with Gasteiger partial charge in [0.1, 0.15) is 36.4 Å². The van der Waals surface area contributed by atoms with Crippen LogP contribution in [0.3, 0.4) is 0 Å². The number of esters is 1. The number of ether oxygens (including phenoxy) is 2. The number of halogens is 1. The second kappa shape index (κ2) is 13.5. The number of aromatic nitrogens is 2. The summed E-state index contributed by atoms with van der Waals surface area (Å²) in [7, 11) is -4.60. The number of aliphatic hydroxyl groups is 2. The Bertz CT molecular complexity index is 1610. The van der Waals surface area contributed by atoms with Gasteiger partial charge in [-0.05, 0) is 42.3 Å². The molecule has 0 aliphatic carbocycles. The first-order chi connectivity index (χ1) is 20.4. The summed E-state index contributed by atoms with van der Waals surface area (Å²) in [4.78, 5) is 31.3. The van der Waals surface area contributed by atoms with Gasteiger partial charge in [-0.25, -0.2) is 9.36 Å². The molecule has 0 saturated carbocycles. The average Bonchev–Trinajstić information content (AvgIpc) is 3.21. The van der Waals surface area contributed by atoms with Crippen molar-refractivity contribution >= 4 is 31.1 Å². The molecule has 16 nitrogen and oxygen atoms in total. The third-order valence-electron chi connectivity index (χ3n) is 6.13. The maximum absolute atomic E-state index is 14.0. The molecule has 1 fully saturated rings. The molecule has 4 rings (SSSR count). The van der Waals surface area contributed by atoms with Crippen molar-refractivity contribution in [2.75, 3.05) is 12.3 Å². The zero-order valence-corrected chi connectivity index (χ0v) is 24.1. The SMILES string of the molecule is C[C@H](NP(=O)(OC[C@@]1(N=[N+]=[N-])O[C@@H](n2ccc(N)nc2=O)[C@H](O)[C@@H]1O)Oc1cccc(Cl)c1)C(=O)OCc1ccccc1. The number of benzene rings is 2. The fourth-order valence-electron chi connectivity index (χ4n) is 3.99. The summed E-state index contributed by atoms with van der Waals surface area (Å²) in [5.74, 6) is -0.952. The first-order valence-electron chi connectivity index (χ1n) is 12.6. The molecule has 1 aromatic heterocycles. The maximum atomic E-state index is 14.0. The minimum absolute atomic E-state index is 0.0312. The van der Waals surface area contributed by atoms with Gasteiger partial charge in [0.15, 0.2) is 6.23 Å². The number of carbonyl (C=O) groups is 1. The Kier molecular flexibility index (Phi) is 10.1. The van der Waals surface area contributed by atoms with Crippen molar-refractivity contribution in [2.24, 2.45) is 5.11 Å². The third-order valence-corrected chi connectivity index (χ3v) is 7.99. The van der Waals surface area contributed by atoms with Crippen molar-refractivity contribution in [3.05, 3.63) is 98.4 Å². The van der Waals surface area contributed by atoms with E-state index in [4.69, 9.17) is 35.9 Å². The summed E-state index contributed by atoms with van der Waals surface area (Å²) >= 11 is 6.02. The first-order valence-corrected chi connectivity index (χ1v) is 14.5. The predicted molar refractivity (Wildman–Crippen MR) is 151 cm³/mol. The van der Waals surface area contributed by atoms with Gasteiger partial charge in [0.25, 0.3) is 0 Å². The van der Waals surface area contributed by atoms with E-state index in [-0.39, 0.29) is 23.2 Å². The van der Waals surface area contributed by atoms with E-state index in [1.165, 1.54) is 37.3 Å². The van der Waals surface area contributed by atoms with Crippen LogP contribution >= 0.6 is 19.3 Å². The second-order valence-corrected chi connectivity index (χ2v) is 11.4. The van der Waals surface area contributed by atoms with E-state index in [2.05, 4.69) is 20.1 Å². The van der Waals surface area contributed by atoms with Gasteiger partial charge in [0.2, 0.25) is 5.72 Å². The quantitative estimate of drug-likeness (QED) is 0.0739. The van der Waals surface area contributed by atoms with Crippen LogP contribution in [0.15, 0.2) is 76.8 Å². The topological polar surface area (TPSA) is 233 Å². The minimum Gasteiger partial charge on any atom is -0.460 e. The molecule has 5 N–H and O–H groups in total. The summed E-state index contributed by atoms with van der Waals surface area (Å²) in [6.07, 6.45) is -4.30. The molecule has 0 amide bonds. The van der Waals surface area contributed by atoms with Crippen LogP contribution in [0, 0.1) is 0 Å². The van der Waals surface area contributed by atoms with E-state index in [0.29, 0.717) is 5.56 Å². The maximum Gasteiger partial charge on any atom is 0.459 e. The number of carbonyl (C=O) groups excluding carboxylic acids is 1. The molecular formula is C25H27ClN7O9P. The number of hydrogen-bond donors (Lipinski definition) is 4. The number of nitrogens with zero attached hydrogens (tertiary/aromatic N) is 5. The number of nitrogen functional groups attached to an aromatic ring is 1. The molecule has 2 heterocycles. The van der Waals surface area contributed by atoms with Crippen molar-refractivity contribution in [1.29, 1.82) is 0 Å². The van der Waals surface area contributed by atoms with Gasteiger partial charge < -0.3 is 29.9 Å². The summed E-state index contributed by atoms with van der Waals surface area (Å²) in [6.45, 7) is 0.291. The Hall–Kier alpha value is -3.98. The lowest BCUT2D eigenvalue weighted by molar-refractivity contribution is -0.146. The summed E-state index contributed by atoms with van der Waals surface area (Å²) in [5.41, 5.74) is 12.1. The van der Waals surface area contributed by atoms with E-state index in [0.717, 1.165) is 10.8 Å². The Morgan fingerprint density at radius 2 is 2.05 bits per heavy atom. The van der Waals surface area contributed by atoms with E-state index in [9.17, 15) is 29.9 Å². The zero-order valence-electron chi connectivity index (χ0n) is 22.5. The number of rotatable bonds is 12. The Morgan fingerprint density at radius 1 is 1.30 bits per heavy atom. The van der Waals surface area contributed by atoms with Crippen LogP contribution in [-0.4, -0.2) is 56.3 Å². The molecule has 0 bridgehead atoms. The standard InChI is InChI=1S/C25H27ClN7O9P/c1-15(23(36)39-13-16-6-3-2-4-7-16)30-43(38,42-18-9-5-8-17(26)12-18)40-14-25(31-32-28)21(35)20(34)22(41-25)33-11-10-19(27)29-24(33)37/h2-12,15,20-22,34-35H,13-14H2,1H3,(H,30,38)(H2,27,29,37)/t15-,20+,21-,22+,25+,43?/m0/s1. The van der Waals surface area contributed by atoms with Gasteiger partial charge in [-0.1, -0.05) is 53.1 Å². The van der Waals surface area contributed by atoms with Crippen molar-refractivity contribution in [3.63, 3.8) is 0 Å². The van der Waals surface area contributed by atoms with Gasteiger partial charge in [-0.3, -0.25) is 13.9 Å². The van der Waals surface area contributed by atoms with Gasteiger partial charge in [-0.2, -0.15) is 10.1 Å². The lowest BCUT2D eigenvalue weighted by Crippen LogP contribution is -2.45. The van der Waals surface area contributed by atoms with E-state index >= 15 is 0 Å². The molecule has 1 aliphatic heterocycles. The summed E-state index contributed by atoms with van der Waals surface area (Å²) in [6, 6.07) is 14.6. The molecule has 1 aliphatic rings. The largest absolute Gasteiger partial charge is 0.460 e. The molecule has 1 unspecified atom stereocenters. The van der Waals surface area contributed by atoms with Crippen LogP contribution < -0.4 is 21.0 Å². The molecule has 3 aromatic rings. The Morgan fingerprint density at radius 3 is 2.72 bits per heavy atom. The Labute approximate surface area is 249 Å². The first kappa shape index (κ1) is 31.9. The lowest BCUT2D eigenvalue weighted by Gasteiger charge is -2.29. The number of nitrogens with one attached hydrogen (secondary N) is 1. The number of anilines is 1. The fraction of sp³-hybridized carbons (Fsp3) is 0.320. The van der Waals surface area contributed by atoms with Gasteiger partial charge in [-0.15, -0.1) is 0 Å². The van der Waals surface area contributed by atoms with E-state index in [1.807, 2.05) is 0 Å². The third kappa shape index (κ3) is 7.70. The van der Waals surface area contributed by atoms with Crippen LogP contribution in [0.1, 0.15) is 18.7 Å². The average molecular weight is 636 g/mol. The van der Waals surface area contributed by atoms with Gasteiger partial charge >= 0.3 is 19.4 Å². The molecule has 18 heteroatoms. The number of aliphatic hydroxyl groups excluding tert-OH is 2. The smallest absolute Gasteiger partial charge is 0.459 e. The number of nitrogens with two attached hydrogens (primary N) is 1. The van der Waals surface area contributed by atoms with Crippen molar-refractivity contribution in [1.82, 2.24) is 14.6 Å². The summed E-state index contributed by atoms with van der Waals surface area (Å²) < 4.78 is 36.8. The molecular weight excluding hydrogens is 609 g/mol. The minimum atomic E-state index is -4.60. The highest BCUT2D eigenvalue weighted by Crippen LogP contribution is 2.48. The second-order valence-electron chi connectivity index (χ2n) is 9.28. The van der Waals surface area contributed by atoms with Crippen LogP contribution in [-0.2, 0) is 30.0 Å². The van der Waals surface area contributed by atoms with Crippen molar-refractivity contribution in [3.8, 4) is 5.75 Å². The van der Waals surface area contributed by atoms with Gasteiger partial charge in [0, 0.05) is 16.1 Å². The van der Waals surface area contributed by atoms with Crippen molar-refractivity contribution < 1.29 is 38.1 Å². The summed E-state index contributed by atoms with van der Waals surface area (Å²) in [5, 5.41) is 27.7. The molecule has 1 saturated heterocycles.